The number of hydrogen-bond acceptors (Lipinski definition) is 3. The van der Waals surface area contributed by atoms with Crippen molar-refractivity contribution in [1.29, 1.82) is 0 Å². The molecule has 0 aliphatic rings. The zero-order valence-corrected chi connectivity index (χ0v) is 18.0. The van der Waals surface area contributed by atoms with Crippen molar-refractivity contribution in [3.63, 3.8) is 0 Å². The molecule has 0 aliphatic heterocycles. The second kappa shape index (κ2) is 10.1. The molecule has 0 amide bonds. The zero-order valence-electron chi connectivity index (χ0n) is 15.6. The Kier molecular flexibility index (Phi) is 8.16. The van der Waals surface area contributed by atoms with Crippen molar-refractivity contribution in [2.45, 2.75) is 59.3 Å². The average Bonchev–Trinajstić information content (AvgIpc) is 2.88. The highest BCUT2D eigenvalue weighted by atomic mass is 79.9. The monoisotopic (exact) mass is 440 g/mol. The van der Waals surface area contributed by atoms with Gasteiger partial charge in [-0.05, 0) is 66.4 Å². The van der Waals surface area contributed by atoms with Crippen LogP contribution >= 0.6 is 27.5 Å². The molecule has 0 saturated heterocycles. The van der Waals surface area contributed by atoms with Gasteiger partial charge in [-0.1, -0.05) is 44.2 Å². The quantitative estimate of drug-likeness (QED) is 0.438. The maximum Gasteiger partial charge on any atom is 0.284 e. The fraction of sp³-hybridized carbons (Fsp3) is 0.500. The summed E-state index contributed by atoms with van der Waals surface area (Å²) in [5.74, 6) is 0.408. The lowest BCUT2D eigenvalue weighted by Crippen LogP contribution is -2.22. The average molecular weight is 442 g/mol. The van der Waals surface area contributed by atoms with Crippen LogP contribution in [-0.4, -0.2) is 22.3 Å². The van der Waals surface area contributed by atoms with Gasteiger partial charge in [0, 0.05) is 10.7 Å². The van der Waals surface area contributed by atoms with Gasteiger partial charge in [-0.2, -0.15) is 5.10 Å². The van der Waals surface area contributed by atoms with E-state index in [2.05, 4.69) is 28.0 Å². The van der Waals surface area contributed by atoms with Crippen molar-refractivity contribution in [3.8, 4) is 5.75 Å². The third-order valence-corrected chi connectivity index (χ3v) is 5.31. The maximum atomic E-state index is 12.5. The van der Waals surface area contributed by atoms with E-state index in [0.717, 1.165) is 28.7 Å². The first-order valence-electron chi connectivity index (χ1n) is 9.10. The third-order valence-electron chi connectivity index (χ3n) is 4.45. The summed E-state index contributed by atoms with van der Waals surface area (Å²) < 4.78 is 7.82. The molecule has 2 rings (SSSR count). The van der Waals surface area contributed by atoms with Crippen molar-refractivity contribution >= 4 is 33.4 Å². The number of aromatic nitrogens is 2. The largest absolute Gasteiger partial charge is 0.482 e. The van der Waals surface area contributed by atoms with Gasteiger partial charge in [0.25, 0.3) is 5.91 Å². The summed E-state index contributed by atoms with van der Waals surface area (Å²) in [5, 5.41) is 5.04. The van der Waals surface area contributed by atoms with Crippen LogP contribution < -0.4 is 4.74 Å². The second-order valence-corrected chi connectivity index (χ2v) is 7.77. The molecule has 1 aromatic heterocycles. The van der Waals surface area contributed by atoms with Crippen LogP contribution in [-0.2, 0) is 6.42 Å². The Morgan fingerprint density at radius 2 is 1.96 bits per heavy atom. The second-order valence-electron chi connectivity index (χ2n) is 6.48. The first kappa shape index (κ1) is 21.0. The molecule has 0 aliphatic carbocycles. The van der Waals surface area contributed by atoms with Crippen LogP contribution in [0.4, 0.5) is 0 Å². The molecule has 0 unspecified atom stereocenters. The van der Waals surface area contributed by atoms with E-state index < -0.39 is 0 Å². The molecule has 6 heteroatoms. The van der Waals surface area contributed by atoms with Crippen LogP contribution in [0.15, 0.2) is 22.7 Å². The van der Waals surface area contributed by atoms with Crippen LogP contribution in [0.1, 0.15) is 60.8 Å². The van der Waals surface area contributed by atoms with Crippen LogP contribution in [0.2, 0.25) is 5.02 Å². The van der Waals surface area contributed by atoms with Crippen LogP contribution in [0, 0.1) is 13.8 Å². The molecule has 0 atom stereocenters. The summed E-state index contributed by atoms with van der Waals surface area (Å²) in [5.41, 5.74) is 3.03. The smallest absolute Gasteiger partial charge is 0.284 e. The summed E-state index contributed by atoms with van der Waals surface area (Å²) in [6, 6.07) is 5.20. The Balaban J connectivity index is 1.97. The van der Waals surface area contributed by atoms with Crippen LogP contribution in [0.3, 0.4) is 0 Å². The molecule has 0 bridgehead atoms. The lowest BCUT2D eigenvalue weighted by molar-refractivity contribution is 0.0817. The van der Waals surface area contributed by atoms with E-state index in [0.29, 0.717) is 10.8 Å². The third kappa shape index (κ3) is 5.58. The molecule has 4 nitrogen and oxygen atoms in total. The Hall–Kier alpha value is -1.33. The number of carbonyl (C=O) groups excluding carboxylic acids is 1. The standard InChI is InChI=1S/C20H26BrClN2O2/c1-4-5-6-7-8-9-17-14(2)23-24(15(17)3)20(25)13-26-19-11-10-16(22)12-18(19)21/h10-12H,4-9,13H2,1-3H3. The molecule has 0 radical (unpaired) electrons. The van der Waals surface area contributed by atoms with E-state index in [9.17, 15) is 4.79 Å². The van der Waals surface area contributed by atoms with Gasteiger partial charge in [-0.15, -0.1) is 0 Å². The van der Waals surface area contributed by atoms with Crippen molar-refractivity contribution < 1.29 is 9.53 Å². The number of hydrogen-bond donors (Lipinski definition) is 0. The molecule has 0 fully saturated rings. The van der Waals surface area contributed by atoms with Crippen molar-refractivity contribution in [3.05, 3.63) is 44.6 Å². The summed E-state index contributed by atoms with van der Waals surface area (Å²) in [6.07, 6.45) is 7.13. The van der Waals surface area contributed by atoms with Gasteiger partial charge in [0.15, 0.2) is 6.61 Å². The van der Waals surface area contributed by atoms with E-state index >= 15 is 0 Å². The number of carbonyl (C=O) groups is 1. The molecule has 26 heavy (non-hydrogen) atoms. The lowest BCUT2D eigenvalue weighted by Gasteiger charge is -2.09. The number of halogens is 2. The predicted molar refractivity (Wildman–Crippen MR) is 109 cm³/mol. The first-order chi connectivity index (χ1) is 12.4. The molecule has 1 heterocycles. The Labute approximate surface area is 169 Å². The molecule has 0 saturated carbocycles. The lowest BCUT2D eigenvalue weighted by atomic mass is 10.0. The van der Waals surface area contributed by atoms with Gasteiger partial charge in [-0.25, -0.2) is 4.68 Å². The van der Waals surface area contributed by atoms with Gasteiger partial charge >= 0.3 is 0 Å². The minimum atomic E-state index is -0.176. The van der Waals surface area contributed by atoms with Crippen LogP contribution in [0.5, 0.6) is 5.75 Å². The van der Waals surface area contributed by atoms with Crippen molar-refractivity contribution in [2.75, 3.05) is 6.61 Å². The Morgan fingerprint density at radius 3 is 2.65 bits per heavy atom. The minimum Gasteiger partial charge on any atom is -0.482 e. The first-order valence-corrected chi connectivity index (χ1v) is 10.3. The van der Waals surface area contributed by atoms with Gasteiger partial charge in [-0.3, -0.25) is 4.79 Å². The Morgan fingerprint density at radius 1 is 1.23 bits per heavy atom. The van der Waals surface area contributed by atoms with Gasteiger partial charge in [0.05, 0.1) is 10.2 Å². The molecule has 1 aromatic carbocycles. The summed E-state index contributed by atoms with van der Waals surface area (Å²) in [7, 11) is 0. The van der Waals surface area contributed by atoms with E-state index in [-0.39, 0.29) is 12.5 Å². The minimum absolute atomic E-state index is 0.0713. The Bertz CT molecular complexity index is 759. The summed E-state index contributed by atoms with van der Waals surface area (Å²) in [4.78, 5) is 12.5. The van der Waals surface area contributed by atoms with Gasteiger partial charge in [0.2, 0.25) is 0 Å². The fourth-order valence-electron chi connectivity index (χ4n) is 2.98. The number of nitrogens with zero attached hydrogens (tertiary/aromatic N) is 2. The molecule has 2 aromatic rings. The van der Waals surface area contributed by atoms with Gasteiger partial charge in [0.1, 0.15) is 5.75 Å². The predicted octanol–water partition coefficient (Wildman–Crippen LogP) is 6.15. The maximum absolute atomic E-state index is 12.5. The molecular formula is C20H26BrClN2O2. The van der Waals surface area contributed by atoms with Gasteiger partial charge < -0.3 is 4.74 Å². The molecular weight excluding hydrogens is 416 g/mol. The van der Waals surface area contributed by atoms with Crippen molar-refractivity contribution in [1.82, 2.24) is 9.78 Å². The number of benzene rings is 1. The van der Waals surface area contributed by atoms with Crippen molar-refractivity contribution in [2.24, 2.45) is 0 Å². The van der Waals surface area contributed by atoms with E-state index in [1.165, 1.54) is 35.9 Å². The normalized spacial score (nSPS) is 11.0. The van der Waals surface area contributed by atoms with E-state index in [4.69, 9.17) is 16.3 Å². The zero-order chi connectivity index (χ0) is 19.1. The topological polar surface area (TPSA) is 44.1 Å². The number of rotatable bonds is 9. The highest BCUT2D eigenvalue weighted by Crippen LogP contribution is 2.28. The van der Waals surface area contributed by atoms with E-state index in [1.54, 1.807) is 18.2 Å². The highest BCUT2D eigenvalue weighted by molar-refractivity contribution is 9.10. The SMILES string of the molecule is CCCCCCCc1c(C)nn(C(=O)COc2ccc(Cl)cc2Br)c1C. The number of ether oxygens (including phenoxy) is 1. The molecule has 0 N–H and O–H groups in total. The summed E-state index contributed by atoms with van der Waals surface area (Å²) >= 11 is 9.31. The fourth-order valence-corrected chi connectivity index (χ4v) is 3.77. The summed E-state index contributed by atoms with van der Waals surface area (Å²) in [6.45, 7) is 6.07. The van der Waals surface area contributed by atoms with E-state index in [1.807, 2.05) is 13.8 Å². The number of unbranched alkanes of at least 4 members (excludes halogenated alkanes) is 4. The number of aryl methyl sites for hydroxylation is 1. The highest BCUT2D eigenvalue weighted by Gasteiger charge is 2.17. The molecule has 142 valence electrons. The molecule has 0 spiro atoms. The van der Waals surface area contributed by atoms with Crippen LogP contribution in [0.25, 0.3) is 0 Å².